The Morgan fingerprint density at radius 3 is 2.70 bits per heavy atom. The molecular weight excluding hydrogens is 378 g/mol. The summed E-state index contributed by atoms with van der Waals surface area (Å²) in [7, 11) is 3.62. The van der Waals surface area contributed by atoms with E-state index in [1.54, 1.807) is 18.9 Å². The Labute approximate surface area is 176 Å². The van der Waals surface area contributed by atoms with Crippen LogP contribution in [0.3, 0.4) is 0 Å². The van der Waals surface area contributed by atoms with Gasteiger partial charge in [0.15, 0.2) is 0 Å². The number of aryl methyl sites for hydroxylation is 1. The van der Waals surface area contributed by atoms with E-state index < -0.39 is 0 Å². The third-order valence-corrected chi connectivity index (χ3v) is 5.54. The molecule has 0 unspecified atom stereocenters. The summed E-state index contributed by atoms with van der Waals surface area (Å²) in [5.74, 6) is 0.640. The zero-order valence-electron chi connectivity index (χ0n) is 17.7. The smallest absolute Gasteiger partial charge is 0.224 e. The number of carbonyl (C=O) groups excluding carboxylic acids is 1. The topological polar surface area (TPSA) is 63.5 Å². The summed E-state index contributed by atoms with van der Waals surface area (Å²) in [6, 6.07) is 15.6. The van der Waals surface area contributed by atoms with Gasteiger partial charge in [0.25, 0.3) is 0 Å². The van der Waals surface area contributed by atoms with Crippen LogP contribution < -0.4 is 9.64 Å². The largest absolute Gasteiger partial charge is 0.481 e. The number of anilines is 1. The zero-order chi connectivity index (χ0) is 21.1. The van der Waals surface area contributed by atoms with E-state index in [2.05, 4.69) is 9.88 Å². The second-order valence-electron chi connectivity index (χ2n) is 7.57. The number of nitrogens with zero attached hydrogens (tertiary/aromatic N) is 5. The quantitative estimate of drug-likeness (QED) is 0.631. The lowest BCUT2D eigenvalue weighted by molar-refractivity contribution is -0.116. The molecule has 2 aromatic heterocycles. The predicted molar refractivity (Wildman–Crippen MR) is 115 cm³/mol. The fourth-order valence-corrected chi connectivity index (χ4v) is 4.02. The van der Waals surface area contributed by atoms with Crippen LogP contribution in [0.4, 0.5) is 5.69 Å². The van der Waals surface area contributed by atoms with Gasteiger partial charge in [0.1, 0.15) is 0 Å². The molecule has 4 rings (SSSR count). The van der Waals surface area contributed by atoms with Crippen molar-refractivity contribution < 1.29 is 9.53 Å². The van der Waals surface area contributed by atoms with Crippen molar-refractivity contribution in [1.29, 1.82) is 0 Å². The Balaban J connectivity index is 1.56. The first-order valence-corrected chi connectivity index (χ1v) is 10.1. The van der Waals surface area contributed by atoms with E-state index in [0.29, 0.717) is 12.4 Å². The molecule has 0 saturated heterocycles. The van der Waals surface area contributed by atoms with Crippen LogP contribution in [0, 0.1) is 0 Å². The lowest BCUT2D eigenvalue weighted by atomic mass is 10.0. The molecule has 0 bridgehead atoms. The monoisotopic (exact) mass is 405 g/mol. The van der Waals surface area contributed by atoms with Crippen molar-refractivity contribution in [2.45, 2.75) is 33.0 Å². The number of ether oxygens (including phenoxy) is 1. The number of amides is 1. The zero-order valence-corrected chi connectivity index (χ0v) is 17.7. The van der Waals surface area contributed by atoms with Gasteiger partial charge < -0.3 is 9.64 Å². The molecule has 1 aliphatic rings. The number of methoxy groups -OCH3 is 1. The molecule has 0 N–H and O–H groups in total. The van der Waals surface area contributed by atoms with Crippen molar-refractivity contribution in [2.24, 2.45) is 7.05 Å². The lowest BCUT2D eigenvalue weighted by Crippen LogP contribution is -2.32. The minimum atomic E-state index is 0.00819. The number of rotatable bonds is 6. The van der Waals surface area contributed by atoms with Crippen molar-refractivity contribution in [3.05, 3.63) is 71.2 Å². The molecule has 0 aliphatic carbocycles. The molecule has 0 spiro atoms. The standard InChI is InChI=1S/C23H27N5O2/c1-17(29)28(19-9-5-4-6-10-19)16-21-20-15-27(13-12-22(20)26(2)25-21)14-18-8-7-11-23(24-18)30-3/h4-11H,12-16H2,1-3H3. The van der Waals surface area contributed by atoms with Gasteiger partial charge in [-0.05, 0) is 18.2 Å². The molecule has 0 radical (unpaired) electrons. The second-order valence-corrected chi connectivity index (χ2v) is 7.57. The van der Waals surface area contributed by atoms with Crippen LogP contribution >= 0.6 is 0 Å². The van der Waals surface area contributed by atoms with E-state index in [1.165, 1.54) is 11.3 Å². The number of para-hydroxylation sites is 1. The highest BCUT2D eigenvalue weighted by Crippen LogP contribution is 2.26. The summed E-state index contributed by atoms with van der Waals surface area (Å²) in [5, 5.41) is 4.77. The van der Waals surface area contributed by atoms with Crippen LogP contribution in [-0.2, 0) is 37.9 Å². The molecule has 1 amide bonds. The Hall–Kier alpha value is -3.19. The number of fused-ring (bicyclic) bond motifs is 1. The van der Waals surface area contributed by atoms with E-state index in [0.717, 1.165) is 43.1 Å². The van der Waals surface area contributed by atoms with Gasteiger partial charge in [0.2, 0.25) is 11.8 Å². The minimum Gasteiger partial charge on any atom is -0.481 e. The third kappa shape index (κ3) is 4.21. The molecule has 3 heterocycles. The summed E-state index contributed by atoms with van der Waals surface area (Å²) >= 11 is 0. The van der Waals surface area contributed by atoms with E-state index in [-0.39, 0.29) is 5.91 Å². The van der Waals surface area contributed by atoms with E-state index in [9.17, 15) is 4.79 Å². The molecule has 30 heavy (non-hydrogen) atoms. The lowest BCUT2D eigenvalue weighted by Gasteiger charge is -2.28. The van der Waals surface area contributed by atoms with Crippen molar-refractivity contribution in [3.8, 4) is 5.88 Å². The number of carbonyl (C=O) groups is 1. The average molecular weight is 406 g/mol. The van der Waals surface area contributed by atoms with Crippen molar-refractivity contribution in [1.82, 2.24) is 19.7 Å². The van der Waals surface area contributed by atoms with E-state index in [1.807, 2.05) is 60.3 Å². The number of benzene rings is 1. The minimum absolute atomic E-state index is 0.00819. The van der Waals surface area contributed by atoms with E-state index in [4.69, 9.17) is 9.84 Å². The molecule has 0 saturated carbocycles. The molecule has 1 aliphatic heterocycles. The normalized spacial score (nSPS) is 13.7. The maximum atomic E-state index is 12.4. The first-order chi connectivity index (χ1) is 14.5. The molecular formula is C23H27N5O2. The number of pyridine rings is 1. The molecule has 1 aromatic carbocycles. The Bertz CT molecular complexity index is 1030. The van der Waals surface area contributed by atoms with E-state index >= 15 is 0 Å². The van der Waals surface area contributed by atoms with Gasteiger partial charge in [-0.2, -0.15) is 5.10 Å². The van der Waals surface area contributed by atoms with Crippen molar-refractivity contribution in [3.63, 3.8) is 0 Å². The summed E-state index contributed by atoms with van der Waals surface area (Å²) in [6.07, 6.45) is 0.925. The SMILES string of the molecule is COc1cccc(CN2CCc3c(c(CN(C(C)=O)c4ccccc4)nn3C)C2)n1. The van der Waals surface area contributed by atoms with Crippen molar-refractivity contribution >= 4 is 11.6 Å². The fraction of sp³-hybridized carbons (Fsp3) is 0.348. The number of aromatic nitrogens is 3. The number of hydrogen-bond acceptors (Lipinski definition) is 5. The predicted octanol–water partition coefficient (Wildman–Crippen LogP) is 2.94. The van der Waals surface area contributed by atoms with Crippen LogP contribution in [-0.4, -0.2) is 39.2 Å². The highest BCUT2D eigenvalue weighted by Gasteiger charge is 2.26. The van der Waals surface area contributed by atoms with Gasteiger partial charge in [-0.3, -0.25) is 14.4 Å². The van der Waals surface area contributed by atoms with Crippen LogP contribution in [0.15, 0.2) is 48.5 Å². The van der Waals surface area contributed by atoms with Gasteiger partial charge in [0, 0.05) is 63.0 Å². The first-order valence-electron chi connectivity index (χ1n) is 10.1. The van der Waals surface area contributed by atoms with Crippen LogP contribution in [0.5, 0.6) is 5.88 Å². The highest BCUT2D eigenvalue weighted by atomic mass is 16.5. The summed E-state index contributed by atoms with van der Waals surface area (Å²) < 4.78 is 7.22. The van der Waals surface area contributed by atoms with Crippen LogP contribution in [0.25, 0.3) is 0 Å². The van der Waals surface area contributed by atoms with Crippen LogP contribution in [0.2, 0.25) is 0 Å². The van der Waals surface area contributed by atoms with Gasteiger partial charge >= 0.3 is 0 Å². The maximum absolute atomic E-state index is 12.4. The van der Waals surface area contributed by atoms with Gasteiger partial charge in [-0.1, -0.05) is 24.3 Å². The van der Waals surface area contributed by atoms with Crippen LogP contribution in [0.1, 0.15) is 29.6 Å². The molecule has 0 fully saturated rings. The highest BCUT2D eigenvalue weighted by molar-refractivity contribution is 5.91. The average Bonchev–Trinajstić information content (AvgIpc) is 3.07. The molecule has 0 atom stereocenters. The molecule has 156 valence electrons. The number of hydrogen-bond donors (Lipinski definition) is 0. The first kappa shape index (κ1) is 20.1. The summed E-state index contributed by atoms with van der Waals surface area (Å²) in [6.45, 7) is 4.55. The fourth-order valence-electron chi connectivity index (χ4n) is 4.02. The maximum Gasteiger partial charge on any atom is 0.224 e. The van der Waals surface area contributed by atoms with Gasteiger partial charge in [0.05, 0.1) is 25.0 Å². The van der Waals surface area contributed by atoms with Gasteiger partial charge in [-0.15, -0.1) is 0 Å². The Kier molecular flexibility index (Phi) is 5.81. The molecule has 7 nitrogen and oxygen atoms in total. The molecule has 3 aromatic rings. The van der Waals surface area contributed by atoms with Crippen molar-refractivity contribution in [2.75, 3.05) is 18.6 Å². The third-order valence-electron chi connectivity index (χ3n) is 5.54. The summed E-state index contributed by atoms with van der Waals surface area (Å²) in [5.41, 5.74) is 5.29. The molecule has 7 heteroatoms. The Morgan fingerprint density at radius 1 is 1.17 bits per heavy atom. The summed E-state index contributed by atoms with van der Waals surface area (Å²) in [4.78, 5) is 21.0. The second kappa shape index (κ2) is 8.67. The van der Waals surface area contributed by atoms with Gasteiger partial charge in [-0.25, -0.2) is 4.98 Å². The Morgan fingerprint density at radius 2 is 1.97 bits per heavy atom.